The Hall–Kier alpha value is -7.23. The molecule has 0 amide bonds. The van der Waals surface area contributed by atoms with E-state index in [0.29, 0.717) is 0 Å². The number of aromatic nitrogens is 2. The van der Waals surface area contributed by atoms with Crippen LogP contribution in [0.25, 0.3) is 82.5 Å². The van der Waals surface area contributed by atoms with Gasteiger partial charge in [-0.1, -0.05) is 140 Å². The van der Waals surface area contributed by atoms with Gasteiger partial charge in [-0.25, -0.2) is 0 Å². The molecule has 0 N–H and O–H groups in total. The lowest BCUT2D eigenvalue weighted by Crippen LogP contribution is -2.28. The predicted octanol–water partition coefficient (Wildman–Crippen LogP) is 13.5. The van der Waals surface area contributed by atoms with Gasteiger partial charge in [-0.05, 0) is 113 Å². The van der Waals surface area contributed by atoms with E-state index < -0.39 is 0 Å². The van der Waals surface area contributed by atoms with Crippen LogP contribution in [0, 0.1) is 5.92 Å². The van der Waals surface area contributed by atoms with Crippen LogP contribution < -0.4 is 0 Å². The first-order chi connectivity index (χ1) is 27.8. The fourth-order valence-corrected chi connectivity index (χ4v) is 9.55. The monoisotopic (exact) mass is 711 g/mol. The fraction of sp³-hybridized carbons (Fsp3) is 0.0377. The zero-order valence-corrected chi connectivity index (χ0v) is 30.4. The second-order valence-corrected chi connectivity index (χ2v) is 15.1. The molecule has 1 aliphatic heterocycles. The van der Waals surface area contributed by atoms with Gasteiger partial charge in [0.2, 0.25) is 0 Å². The minimum Gasteiger partial charge on any atom is -0.254 e. The Kier molecular flexibility index (Phi) is 6.75. The first-order valence-electron chi connectivity index (χ1n) is 19.3. The average molecular weight is 712 g/mol. The van der Waals surface area contributed by atoms with Crippen molar-refractivity contribution in [1.29, 1.82) is 0 Å². The summed E-state index contributed by atoms with van der Waals surface area (Å²) in [5.41, 5.74) is 13.9. The summed E-state index contributed by atoms with van der Waals surface area (Å²) < 4.78 is 0. The molecule has 0 saturated carbocycles. The summed E-state index contributed by atoms with van der Waals surface area (Å²) in [6, 6.07) is 59.8. The number of pyridine rings is 2. The van der Waals surface area contributed by atoms with Crippen LogP contribution in [-0.4, -0.2) is 15.7 Å². The van der Waals surface area contributed by atoms with E-state index in [-0.39, 0.29) is 11.8 Å². The lowest BCUT2D eigenvalue weighted by molar-refractivity contribution is 0.700. The Labute approximate surface area is 324 Å². The first-order valence-corrected chi connectivity index (χ1v) is 19.3. The summed E-state index contributed by atoms with van der Waals surface area (Å²) in [4.78, 5) is 14.8. The van der Waals surface area contributed by atoms with Gasteiger partial charge in [0.15, 0.2) is 0 Å². The number of allylic oxidation sites excluding steroid dienone is 1. The quantitative estimate of drug-likeness (QED) is 0.171. The Morgan fingerprint density at radius 1 is 0.411 bits per heavy atom. The van der Waals surface area contributed by atoms with E-state index in [2.05, 4.69) is 175 Å². The van der Waals surface area contributed by atoms with Crippen molar-refractivity contribution in [2.75, 3.05) is 0 Å². The van der Waals surface area contributed by atoms with E-state index in [9.17, 15) is 0 Å². The highest BCUT2D eigenvalue weighted by atomic mass is 14.8. The van der Waals surface area contributed by atoms with Crippen LogP contribution in [0.5, 0.6) is 0 Å². The van der Waals surface area contributed by atoms with E-state index in [1.807, 2.05) is 18.5 Å². The Balaban J connectivity index is 0.987. The molecule has 0 radical (unpaired) electrons. The topological polar surface area (TPSA) is 38.1 Å². The van der Waals surface area contributed by atoms with Crippen molar-refractivity contribution in [3.05, 3.63) is 205 Å². The SMILES string of the molecule is C1=CC2C(c3cccc(-c4ccc5c6ccc(-c7ccnc8c7ccc7cccnc78)cc6c6ccccc6c5c4)c3)=Nc3ccccc3C2c2ccccc21. The third kappa shape index (κ3) is 4.67. The van der Waals surface area contributed by atoms with E-state index in [1.165, 1.54) is 71.3 Å². The predicted molar refractivity (Wildman–Crippen MR) is 234 cm³/mol. The van der Waals surface area contributed by atoms with Crippen LogP contribution in [-0.2, 0) is 0 Å². The summed E-state index contributed by atoms with van der Waals surface area (Å²) in [5.74, 6) is 0.395. The molecule has 8 aromatic carbocycles. The Bertz CT molecular complexity index is 3320. The molecule has 2 unspecified atom stereocenters. The molecule has 1 aliphatic carbocycles. The number of para-hydroxylation sites is 1. The van der Waals surface area contributed by atoms with E-state index in [4.69, 9.17) is 9.98 Å². The summed E-state index contributed by atoms with van der Waals surface area (Å²) >= 11 is 0. The molecule has 0 saturated heterocycles. The molecule has 2 aromatic heterocycles. The van der Waals surface area contributed by atoms with Gasteiger partial charge < -0.3 is 0 Å². The molecule has 2 aliphatic rings. The Morgan fingerprint density at radius 2 is 1.09 bits per heavy atom. The van der Waals surface area contributed by atoms with Crippen molar-refractivity contribution in [2.45, 2.75) is 5.92 Å². The first kappa shape index (κ1) is 31.2. The van der Waals surface area contributed by atoms with Gasteiger partial charge in [0, 0.05) is 35.0 Å². The van der Waals surface area contributed by atoms with Crippen molar-refractivity contribution >= 4 is 71.6 Å². The minimum absolute atomic E-state index is 0.160. The highest BCUT2D eigenvalue weighted by Crippen LogP contribution is 2.48. The van der Waals surface area contributed by atoms with Gasteiger partial charge in [0.1, 0.15) is 0 Å². The zero-order valence-electron chi connectivity index (χ0n) is 30.4. The number of benzene rings is 8. The zero-order chi connectivity index (χ0) is 36.7. The van der Waals surface area contributed by atoms with Crippen molar-refractivity contribution in [2.24, 2.45) is 10.9 Å². The van der Waals surface area contributed by atoms with E-state index in [0.717, 1.165) is 38.8 Å². The molecule has 260 valence electrons. The molecule has 12 rings (SSSR count). The van der Waals surface area contributed by atoms with Crippen molar-refractivity contribution < 1.29 is 0 Å². The smallest absolute Gasteiger partial charge is 0.0970 e. The molecule has 2 atom stereocenters. The molecular weight excluding hydrogens is 679 g/mol. The second-order valence-electron chi connectivity index (χ2n) is 15.1. The van der Waals surface area contributed by atoms with Gasteiger partial charge in [0.25, 0.3) is 0 Å². The number of hydrogen-bond donors (Lipinski definition) is 0. The largest absolute Gasteiger partial charge is 0.254 e. The van der Waals surface area contributed by atoms with Crippen LogP contribution >= 0.6 is 0 Å². The lowest BCUT2D eigenvalue weighted by atomic mass is 9.70. The van der Waals surface area contributed by atoms with Crippen LogP contribution in [0.1, 0.15) is 28.2 Å². The summed E-state index contributed by atoms with van der Waals surface area (Å²) in [5, 5.41) is 9.71. The summed E-state index contributed by atoms with van der Waals surface area (Å²) in [6.07, 6.45) is 8.40. The van der Waals surface area contributed by atoms with E-state index >= 15 is 0 Å². The van der Waals surface area contributed by atoms with Gasteiger partial charge in [-0.15, -0.1) is 0 Å². The van der Waals surface area contributed by atoms with Gasteiger partial charge >= 0.3 is 0 Å². The van der Waals surface area contributed by atoms with Crippen LogP contribution in [0.2, 0.25) is 0 Å². The standard InChI is InChI=1S/C53H33N3/c1-2-13-39-32(9-1)18-25-46-50(39)45-16-5-6-17-49(45)56-51(46)37-11-7-10-34(29-37)35-20-22-42-43-23-21-36(31-48(43)41-15-4-3-14-40(41)47(42)30-35)38-26-28-55-53-44(38)24-19-33-12-8-27-54-52(33)53/h1-31,46,50H. The second kappa shape index (κ2) is 12.1. The Morgan fingerprint density at radius 3 is 1.96 bits per heavy atom. The van der Waals surface area contributed by atoms with Crippen molar-refractivity contribution in [3.8, 4) is 22.3 Å². The molecular formula is C53H33N3. The molecule has 0 spiro atoms. The summed E-state index contributed by atoms with van der Waals surface area (Å²) in [7, 11) is 0. The third-order valence-corrected chi connectivity index (χ3v) is 12.1. The molecule has 56 heavy (non-hydrogen) atoms. The molecule has 3 heteroatoms. The third-order valence-electron chi connectivity index (χ3n) is 12.1. The molecule has 0 bridgehead atoms. The number of fused-ring (bicyclic) bond motifs is 14. The number of aliphatic imine (C=N–C) groups is 1. The highest BCUT2D eigenvalue weighted by Gasteiger charge is 2.36. The molecule has 0 fully saturated rings. The maximum absolute atomic E-state index is 5.35. The van der Waals surface area contributed by atoms with Crippen LogP contribution in [0.4, 0.5) is 5.69 Å². The minimum atomic E-state index is 0.160. The van der Waals surface area contributed by atoms with Crippen molar-refractivity contribution in [1.82, 2.24) is 9.97 Å². The maximum Gasteiger partial charge on any atom is 0.0970 e. The number of nitrogens with zero attached hydrogens (tertiary/aromatic N) is 3. The van der Waals surface area contributed by atoms with Crippen molar-refractivity contribution in [3.63, 3.8) is 0 Å². The maximum atomic E-state index is 5.35. The number of rotatable bonds is 3. The average Bonchev–Trinajstić information content (AvgIpc) is 3.28. The lowest BCUT2D eigenvalue weighted by Gasteiger charge is -2.35. The van der Waals surface area contributed by atoms with Gasteiger partial charge in [0.05, 0.1) is 22.4 Å². The normalized spacial score (nSPS) is 15.9. The van der Waals surface area contributed by atoms with E-state index in [1.54, 1.807) is 0 Å². The highest BCUT2D eigenvalue weighted by molar-refractivity contribution is 6.26. The number of hydrogen-bond acceptors (Lipinski definition) is 3. The van der Waals surface area contributed by atoms with Gasteiger partial charge in [-0.2, -0.15) is 0 Å². The van der Waals surface area contributed by atoms with Gasteiger partial charge in [-0.3, -0.25) is 15.0 Å². The molecule has 3 nitrogen and oxygen atoms in total. The summed E-state index contributed by atoms with van der Waals surface area (Å²) in [6.45, 7) is 0. The fourth-order valence-electron chi connectivity index (χ4n) is 9.55. The van der Waals surface area contributed by atoms with Crippen LogP contribution in [0.15, 0.2) is 187 Å². The molecule has 3 heterocycles. The molecule has 10 aromatic rings. The van der Waals surface area contributed by atoms with Crippen LogP contribution in [0.3, 0.4) is 0 Å².